The summed E-state index contributed by atoms with van der Waals surface area (Å²) in [5.74, 6) is 0.672. The number of rotatable bonds is 7. The first-order chi connectivity index (χ1) is 14.9. The van der Waals surface area contributed by atoms with Gasteiger partial charge in [0.2, 0.25) is 5.91 Å². The van der Waals surface area contributed by atoms with Crippen LogP contribution < -0.4 is 5.32 Å². The average molecular weight is 427 g/mol. The van der Waals surface area contributed by atoms with E-state index in [0.717, 1.165) is 50.6 Å². The van der Waals surface area contributed by atoms with Gasteiger partial charge in [0.25, 0.3) is 5.91 Å². The number of ketones is 1. The highest BCUT2D eigenvalue weighted by Gasteiger charge is 2.30. The number of carbonyl (C=O) groups is 3. The molecule has 1 aliphatic heterocycles. The summed E-state index contributed by atoms with van der Waals surface area (Å²) in [6, 6.07) is 7.38. The minimum atomic E-state index is -0.379. The van der Waals surface area contributed by atoms with E-state index in [9.17, 15) is 14.4 Å². The summed E-state index contributed by atoms with van der Waals surface area (Å²) in [6.45, 7) is 7.28. The zero-order chi connectivity index (χ0) is 22.4. The van der Waals surface area contributed by atoms with E-state index in [1.54, 1.807) is 0 Å². The summed E-state index contributed by atoms with van der Waals surface area (Å²) >= 11 is 0. The molecule has 5 nitrogen and oxygen atoms in total. The molecule has 2 atom stereocenters. The van der Waals surface area contributed by atoms with E-state index in [-0.39, 0.29) is 41.4 Å². The number of likely N-dealkylation sites (tertiary alicyclic amines) is 1. The fourth-order valence-corrected chi connectivity index (χ4v) is 5.12. The number of benzene rings is 1. The lowest BCUT2D eigenvalue weighted by molar-refractivity contribution is -0.135. The van der Waals surface area contributed by atoms with Crippen LogP contribution in [0.25, 0.3) is 0 Å². The second kappa shape index (κ2) is 10.9. The summed E-state index contributed by atoms with van der Waals surface area (Å²) in [4.78, 5) is 40.1. The number of amides is 2. The summed E-state index contributed by atoms with van der Waals surface area (Å²) in [6.07, 6.45) is 7.96. The molecular weight excluding hydrogens is 388 g/mol. The van der Waals surface area contributed by atoms with Crippen molar-refractivity contribution in [1.82, 2.24) is 10.2 Å². The lowest BCUT2D eigenvalue weighted by Crippen LogP contribution is -2.46. The minimum Gasteiger partial charge on any atom is -0.342 e. The van der Waals surface area contributed by atoms with Gasteiger partial charge < -0.3 is 10.2 Å². The Morgan fingerprint density at radius 2 is 1.81 bits per heavy atom. The Morgan fingerprint density at radius 1 is 1.06 bits per heavy atom. The van der Waals surface area contributed by atoms with Gasteiger partial charge in [-0.25, -0.2) is 0 Å². The van der Waals surface area contributed by atoms with E-state index in [2.05, 4.69) is 11.4 Å². The smallest absolute Gasteiger partial charge is 0.251 e. The molecule has 0 aromatic heterocycles. The van der Waals surface area contributed by atoms with Crippen molar-refractivity contribution in [3.8, 4) is 0 Å². The third-order valence-electron chi connectivity index (χ3n) is 6.95. The van der Waals surface area contributed by atoms with Gasteiger partial charge in [0.15, 0.2) is 5.78 Å². The van der Waals surface area contributed by atoms with Gasteiger partial charge in [-0.3, -0.25) is 14.4 Å². The first kappa shape index (κ1) is 23.5. The van der Waals surface area contributed by atoms with Gasteiger partial charge in [0.1, 0.15) is 0 Å². The molecule has 2 fully saturated rings. The van der Waals surface area contributed by atoms with Crippen LogP contribution in [0.4, 0.5) is 0 Å². The molecule has 2 aliphatic rings. The van der Waals surface area contributed by atoms with E-state index < -0.39 is 0 Å². The molecule has 2 amide bonds. The van der Waals surface area contributed by atoms with Crippen LogP contribution in [0, 0.1) is 11.8 Å². The van der Waals surface area contributed by atoms with Gasteiger partial charge >= 0.3 is 0 Å². The molecule has 31 heavy (non-hydrogen) atoms. The van der Waals surface area contributed by atoms with Crippen LogP contribution in [-0.4, -0.2) is 41.6 Å². The third-order valence-corrected chi connectivity index (χ3v) is 6.95. The van der Waals surface area contributed by atoms with Crippen molar-refractivity contribution >= 4 is 17.6 Å². The quantitative estimate of drug-likeness (QED) is 0.687. The Morgan fingerprint density at radius 3 is 2.48 bits per heavy atom. The number of nitrogens with zero attached hydrogens (tertiary/aromatic N) is 1. The summed E-state index contributed by atoms with van der Waals surface area (Å²) < 4.78 is 0. The molecule has 1 heterocycles. The van der Waals surface area contributed by atoms with Crippen molar-refractivity contribution < 1.29 is 14.4 Å². The highest BCUT2D eigenvalue weighted by atomic mass is 16.2. The zero-order valence-electron chi connectivity index (χ0n) is 19.4. The second-order valence-electron chi connectivity index (χ2n) is 9.57. The number of piperidine rings is 1. The lowest BCUT2D eigenvalue weighted by Gasteiger charge is -2.34. The van der Waals surface area contributed by atoms with Gasteiger partial charge in [-0.05, 0) is 49.3 Å². The molecule has 1 saturated carbocycles. The Balaban J connectivity index is 1.71. The van der Waals surface area contributed by atoms with Crippen LogP contribution in [0.2, 0.25) is 0 Å². The van der Waals surface area contributed by atoms with E-state index >= 15 is 0 Å². The average Bonchev–Trinajstić information content (AvgIpc) is 2.82. The first-order valence-electron chi connectivity index (χ1n) is 12.1. The predicted molar refractivity (Wildman–Crippen MR) is 123 cm³/mol. The second-order valence-corrected chi connectivity index (χ2v) is 9.57. The topological polar surface area (TPSA) is 66.5 Å². The molecule has 3 rings (SSSR count). The maximum absolute atomic E-state index is 13.1. The van der Waals surface area contributed by atoms with E-state index in [0.29, 0.717) is 18.5 Å². The Bertz CT molecular complexity index is 783. The van der Waals surface area contributed by atoms with Crippen molar-refractivity contribution in [2.24, 2.45) is 11.8 Å². The van der Waals surface area contributed by atoms with Crippen LogP contribution in [0.15, 0.2) is 24.3 Å². The molecule has 1 aromatic rings. The molecule has 0 radical (unpaired) electrons. The predicted octanol–water partition coefficient (Wildman–Crippen LogP) is 4.71. The molecule has 0 spiro atoms. The molecule has 1 aliphatic carbocycles. The molecular formula is C26H38N2O3. The highest BCUT2D eigenvalue weighted by molar-refractivity contribution is 5.98. The minimum absolute atomic E-state index is 0.00341. The summed E-state index contributed by atoms with van der Waals surface area (Å²) in [7, 11) is 0. The maximum Gasteiger partial charge on any atom is 0.251 e. The monoisotopic (exact) mass is 426 g/mol. The fourth-order valence-electron chi connectivity index (χ4n) is 5.12. The van der Waals surface area contributed by atoms with Gasteiger partial charge in [-0.15, -0.1) is 0 Å². The number of Topliss-reactive ketones (excluding diaryl/α,β-unsaturated/α-hetero) is 1. The maximum atomic E-state index is 13.1. The molecule has 1 unspecified atom stereocenters. The Hall–Kier alpha value is -2.17. The first-order valence-corrected chi connectivity index (χ1v) is 12.1. The summed E-state index contributed by atoms with van der Waals surface area (Å²) in [5, 5.41) is 3.07. The Kier molecular flexibility index (Phi) is 8.28. The molecule has 0 bridgehead atoms. The lowest BCUT2D eigenvalue weighted by atomic mass is 9.81. The van der Waals surface area contributed by atoms with Crippen molar-refractivity contribution in [2.75, 3.05) is 13.1 Å². The largest absolute Gasteiger partial charge is 0.342 e. The zero-order valence-corrected chi connectivity index (χ0v) is 19.4. The van der Waals surface area contributed by atoms with Crippen LogP contribution >= 0.6 is 0 Å². The fraction of sp³-hybridized carbons (Fsp3) is 0.654. The number of hydrogen-bond acceptors (Lipinski definition) is 3. The highest BCUT2D eigenvalue weighted by Crippen LogP contribution is 2.29. The Labute approximate surface area is 187 Å². The van der Waals surface area contributed by atoms with Crippen LogP contribution in [0.5, 0.6) is 0 Å². The summed E-state index contributed by atoms with van der Waals surface area (Å²) in [5.41, 5.74) is 1.71. The van der Waals surface area contributed by atoms with Crippen LogP contribution in [0.3, 0.4) is 0 Å². The van der Waals surface area contributed by atoms with Crippen molar-refractivity contribution in [3.63, 3.8) is 0 Å². The number of hydrogen-bond donors (Lipinski definition) is 1. The van der Waals surface area contributed by atoms with Gasteiger partial charge in [0.05, 0.1) is 6.04 Å². The van der Waals surface area contributed by atoms with Gasteiger partial charge in [-0.2, -0.15) is 0 Å². The van der Waals surface area contributed by atoms with E-state index in [1.165, 1.54) is 6.42 Å². The molecule has 5 heteroatoms. The van der Waals surface area contributed by atoms with Crippen molar-refractivity contribution in [3.05, 3.63) is 35.4 Å². The van der Waals surface area contributed by atoms with E-state index in [1.807, 2.05) is 43.9 Å². The number of nitrogens with one attached hydrogen (secondary N) is 1. The van der Waals surface area contributed by atoms with Crippen molar-refractivity contribution in [2.45, 2.75) is 84.1 Å². The van der Waals surface area contributed by atoms with Gasteiger partial charge in [0, 0.05) is 36.9 Å². The van der Waals surface area contributed by atoms with Crippen LogP contribution in [-0.2, 0) is 9.59 Å². The molecule has 170 valence electrons. The van der Waals surface area contributed by atoms with Gasteiger partial charge in [-0.1, -0.05) is 52.2 Å². The third kappa shape index (κ3) is 5.96. The van der Waals surface area contributed by atoms with Crippen LogP contribution in [0.1, 0.15) is 94.0 Å². The SMILES string of the molecule is CCC(=O)[C@H](NC(=O)c1cccc(C2CCCN(C(=O)C(C)C)C2)c1)C1CCCCC1. The molecule has 1 N–H and O–H groups in total. The molecule has 1 aromatic carbocycles. The standard InChI is InChI=1S/C26H38N2O3/c1-4-23(29)24(19-10-6-5-7-11-19)27-25(30)21-13-8-12-20(16-21)22-14-9-15-28(17-22)26(31)18(2)3/h8,12-13,16,18-19,22,24H,4-7,9-11,14-15,17H2,1-3H3,(H,27,30)/t22?,24-/m1/s1. The number of carbonyl (C=O) groups excluding carboxylic acids is 3. The molecule has 1 saturated heterocycles. The van der Waals surface area contributed by atoms with E-state index in [4.69, 9.17) is 0 Å². The van der Waals surface area contributed by atoms with Crippen molar-refractivity contribution in [1.29, 1.82) is 0 Å². The normalized spacial score (nSPS) is 21.0.